The van der Waals surface area contributed by atoms with E-state index in [2.05, 4.69) is 25.7 Å². The van der Waals surface area contributed by atoms with E-state index in [1.807, 2.05) is 0 Å². The monoisotopic (exact) mass is 482 g/mol. The molecule has 1 N–H and O–H groups in total. The molecule has 0 fully saturated rings. The van der Waals surface area contributed by atoms with Gasteiger partial charge < -0.3 is 10.0 Å². The van der Waals surface area contributed by atoms with Crippen LogP contribution in [-0.2, 0) is 0 Å². The van der Waals surface area contributed by atoms with Crippen molar-refractivity contribution in [1.82, 2.24) is 4.90 Å². The van der Waals surface area contributed by atoms with Crippen molar-refractivity contribution in [3.8, 4) is 0 Å². The summed E-state index contributed by atoms with van der Waals surface area (Å²) >= 11 is 0. The first-order valence-corrected chi connectivity index (χ1v) is 16.1. The average Bonchev–Trinajstić information content (AvgIpc) is 2.84. The van der Waals surface area contributed by atoms with Crippen molar-refractivity contribution in [2.45, 2.75) is 187 Å². The molecule has 0 radical (unpaired) electrons. The molecule has 1 atom stereocenters. The quantitative estimate of drug-likeness (QED) is 0.107. The number of hydrogen-bond donors (Lipinski definition) is 1. The first-order chi connectivity index (χ1) is 16.7. The van der Waals surface area contributed by atoms with Crippen molar-refractivity contribution in [2.24, 2.45) is 0 Å². The van der Waals surface area contributed by atoms with Gasteiger partial charge in [-0.3, -0.25) is 0 Å². The molecule has 0 aromatic carbocycles. The third kappa shape index (κ3) is 26.5. The molecule has 0 saturated carbocycles. The van der Waals surface area contributed by atoms with Gasteiger partial charge in [-0.05, 0) is 32.4 Å². The summed E-state index contributed by atoms with van der Waals surface area (Å²) in [5, 5.41) is 10.2. The SMILES string of the molecule is CCCCCCCCCCCCCCN(CCCCCCCCCCCCCC)CC(O)CC. The van der Waals surface area contributed by atoms with E-state index in [9.17, 15) is 5.11 Å². The second-order valence-electron chi connectivity index (χ2n) is 11.1. The first-order valence-electron chi connectivity index (χ1n) is 16.1. The molecule has 0 bridgehead atoms. The molecule has 0 aliphatic rings. The maximum atomic E-state index is 10.2. The molecule has 1 unspecified atom stereocenters. The van der Waals surface area contributed by atoms with Gasteiger partial charge >= 0.3 is 0 Å². The average molecular weight is 482 g/mol. The molecule has 0 heterocycles. The largest absolute Gasteiger partial charge is 0.392 e. The van der Waals surface area contributed by atoms with Crippen molar-refractivity contribution in [3.63, 3.8) is 0 Å². The second-order valence-corrected chi connectivity index (χ2v) is 11.1. The number of aliphatic hydroxyl groups excluding tert-OH is 1. The lowest BCUT2D eigenvalue weighted by molar-refractivity contribution is 0.107. The molecule has 0 saturated heterocycles. The third-order valence-corrected chi connectivity index (χ3v) is 7.60. The minimum absolute atomic E-state index is 0.144. The second kappa shape index (κ2) is 29.2. The van der Waals surface area contributed by atoms with E-state index in [0.717, 1.165) is 13.0 Å². The van der Waals surface area contributed by atoms with E-state index in [0.29, 0.717) is 0 Å². The topological polar surface area (TPSA) is 23.5 Å². The van der Waals surface area contributed by atoms with Crippen LogP contribution < -0.4 is 0 Å². The molecule has 2 nitrogen and oxygen atoms in total. The van der Waals surface area contributed by atoms with Gasteiger partial charge in [-0.2, -0.15) is 0 Å². The lowest BCUT2D eigenvalue weighted by Gasteiger charge is -2.24. The van der Waals surface area contributed by atoms with Crippen molar-refractivity contribution < 1.29 is 5.11 Å². The lowest BCUT2D eigenvalue weighted by Crippen LogP contribution is -2.33. The Kier molecular flexibility index (Phi) is 29.1. The van der Waals surface area contributed by atoms with Gasteiger partial charge in [0.1, 0.15) is 0 Å². The molecule has 0 amide bonds. The highest BCUT2D eigenvalue weighted by Gasteiger charge is 2.10. The Labute approximate surface area is 217 Å². The van der Waals surface area contributed by atoms with E-state index < -0.39 is 0 Å². The number of aliphatic hydroxyl groups is 1. The zero-order valence-electron chi connectivity index (χ0n) is 24.3. The van der Waals surface area contributed by atoms with Crippen LogP contribution in [0.25, 0.3) is 0 Å². The Hall–Kier alpha value is -0.0800. The third-order valence-electron chi connectivity index (χ3n) is 7.60. The summed E-state index contributed by atoms with van der Waals surface area (Å²) in [4.78, 5) is 2.56. The smallest absolute Gasteiger partial charge is 0.0664 e. The Morgan fingerprint density at radius 1 is 0.412 bits per heavy atom. The van der Waals surface area contributed by atoms with Crippen molar-refractivity contribution in [3.05, 3.63) is 0 Å². The fourth-order valence-corrected chi connectivity index (χ4v) is 5.07. The van der Waals surface area contributed by atoms with Crippen LogP contribution in [0.4, 0.5) is 0 Å². The maximum Gasteiger partial charge on any atom is 0.0664 e. The van der Waals surface area contributed by atoms with Crippen LogP contribution >= 0.6 is 0 Å². The Balaban J connectivity index is 3.62. The summed E-state index contributed by atoms with van der Waals surface area (Å²) in [6, 6.07) is 0. The zero-order chi connectivity index (χ0) is 25.0. The van der Waals surface area contributed by atoms with E-state index in [-0.39, 0.29) is 6.10 Å². The summed E-state index contributed by atoms with van der Waals surface area (Å²) in [5.74, 6) is 0. The lowest BCUT2D eigenvalue weighted by atomic mass is 10.0. The van der Waals surface area contributed by atoms with Gasteiger partial charge in [0.25, 0.3) is 0 Å². The van der Waals surface area contributed by atoms with Crippen LogP contribution in [0, 0.1) is 0 Å². The highest BCUT2D eigenvalue weighted by Crippen LogP contribution is 2.14. The maximum absolute atomic E-state index is 10.2. The molecule has 0 rings (SSSR count). The van der Waals surface area contributed by atoms with Gasteiger partial charge in [-0.25, -0.2) is 0 Å². The van der Waals surface area contributed by atoms with Crippen LogP contribution in [-0.4, -0.2) is 35.7 Å². The Bertz CT molecular complexity index is 331. The van der Waals surface area contributed by atoms with Gasteiger partial charge in [0, 0.05) is 6.54 Å². The minimum atomic E-state index is -0.144. The molecular formula is C32H67NO. The highest BCUT2D eigenvalue weighted by atomic mass is 16.3. The van der Waals surface area contributed by atoms with Crippen molar-refractivity contribution in [1.29, 1.82) is 0 Å². The van der Waals surface area contributed by atoms with Gasteiger partial charge in [0.05, 0.1) is 6.10 Å². The standard InChI is InChI=1S/C32H67NO/c1-4-7-9-11-13-15-17-19-21-23-25-27-29-33(31-32(34)6-3)30-28-26-24-22-20-18-16-14-12-10-8-5-2/h32,34H,4-31H2,1-3H3. The molecule has 0 aliphatic carbocycles. The number of unbranched alkanes of at least 4 members (excludes halogenated alkanes) is 22. The molecule has 2 heteroatoms. The minimum Gasteiger partial charge on any atom is -0.392 e. The fraction of sp³-hybridized carbons (Fsp3) is 1.00. The molecular weight excluding hydrogens is 414 g/mol. The summed E-state index contributed by atoms with van der Waals surface area (Å²) in [6.45, 7) is 9.96. The van der Waals surface area contributed by atoms with Crippen LogP contribution in [0.15, 0.2) is 0 Å². The molecule has 0 aromatic rings. The number of hydrogen-bond acceptors (Lipinski definition) is 2. The predicted molar refractivity (Wildman–Crippen MR) is 155 cm³/mol. The van der Waals surface area contributed by atoms with E-state index in [1.165, 1.54) is 167 Å². The molecule has 0 spiro atoms. The molecule has 0 aromatic heterocycles. The zero-order valence-corrected chi connectivity index (χ0v) is 24.3. The summed E-state index contributed by atoms with van der Waals surface area (Å²) in [5.41, 5.74) is 0. The summed E-state index contributed by atoms with van der Waals surface area (Å²) in [6.07, 6.45) is 34.7. The fourth-order valence-electron chi connectivity index (χ4n) is 5.07. The Morgan fingerprint density at radius 3 is 0.941 bits per heavy atom. The number of nitrogens with zero attached hydrogens (tertiary/aromatic N) is 1. The van der Waals surface area contributed by atoms with Crippen LogP contribution in [0.5, 0.6) is 0 Å². The van der Waals surface area contributed by atoms with Crippen LogP contribution in [0.2, 0.25) is 0 Å². The van der Waals surface area contributed by atoms with Gasteiger partial charge in [0.15, 0.2) is 0 Å². The number of rotatable bonds is 29. The first kappa shape index (κ1) is 33.9. The van der Waals surface area contributed by atoms with E-state index in [1.54, 1.807) is 0 Å². The van der Waals surface area contributed by atoms with Crippen molar-refractivity contribution >= 4 is 0 Å². The van der Waals surface area contributed by atoms with Crippen LogP contribution in [0.1, 0.15) is 181 Å². The van der Waals surface area contributed by atoms with Crippen LogP contribution in [0.3, 0.4) is 0 Å². The molecule has 206 valence electrons. The molecule has 0 aliphatic heterocycles. The summed E-state index contributed by atoms with van der Waals surface area (Å²) in [7, 11) is 0. The van der Waals surface area contributed by atoms with E-state index in [4.69, 9.17) is 0 Å². The van der Waals surface area contributed by atoms with Gasteiger partial charge in [-0.1, -0.05) is 162 Å². The normalized spacial score (nSPS) is 12.6. The van der Waals surface area contributed by atoms with Gasteiger partial charge in [0.2, 0.25) is 0 Å². The highest BCUT2D eigenvalue weighted by molar-refractivity contribution is 4.64. The molecule has 34 heavy (non-hydrogen) atoms. The predicted octanol–water partition coefficient (Wildman–Crippen LogP) is 10.5. The summed E-state index contributed by atoms with van der Waals surface area (Å²) < 4.78 is 0. The van der Waals surface area contributed by atoms with Crippen molar-refractivity contribution in [2.75, 3.05) is 19.6 Å². The van der Waals surface area contributed by atoms with Gasteiger partial charge in [-0.15, -0.1) is 0 Å². The Morgan fingerprint density at radius 2 is 0.676 bits per heavy atom. The van der Waals surface area contributed by atoms with E-state index >= 15 is 0 Å².